The van der Waals surface area contributed by atoms with Gasteiger partial charge in [-0.2, -0.15) is 0 Å². The van der Waals surface area contributed by atoms with Crippen molar-refractivity contribution in [3.63, 3.8) is 0 Å². The van der Waals surface area contributed by atoms with Crippen LogP contribution >= 0.6 is 0 Å². The Balaban J connectivity index is 1.24. The zero-order valence-electron chi connectivity index (χ0n) is 21.4. The summed E-state index contributed by atoms with van der Waals surface area (Å²) in [6, 6.07) is 42.4. The molecule has 0 aliphatic heterocycles. The topological polar surface area (TPSA) is 43.9 Å². The second-order valence-corrected chi connectivity index (χ2v) is 10.2. The lowest BCUT2D eigenvalue weighted by Crippen LogP contribution is -1.94. The molecule has 186 valence electrons. The van der Waals surface area contributed by atoms with Crippen molar-refractivity contribution in [2.24, 2.45) is 0 Å². The van der Waals surface area contributed by atoms with Crippen molar-refractivity contribution in [2.45, 2.75) is 0 Å². The predicted octanol–water partition coefficient (Wildman–Crippen LogP) is 9.45. The second kappa shape index (κ2) is 8.01. The highest BCUT2D eigenvalue weighted by Gasteiger charge is 2.18. The largest absolute Gasteiger partial charge is 0.456 e. The lowest BCUT2D eigenvalue weighted by molar-refractivity contribution is 0.669. The molecule has 9 aromatic rings. The summed E-state index contributed by atoms with van der Waals surface area (Å²) in [7, 11) is 0. The molecule has 0 atom stereocenters. The standard InChI is InChI=1S/C36H21N3O/c1-3-9-29-26(7-1)33-30(19-20-32-34(33)27-8-2-4-10-31(27)40-32)39(29)25-16-13-22(14-17-25)28-18-15-24-12-11-23-6-5-21-37-35(23)36(24)38-28/h1-21H. The molecule has 0 fully saturated rings. The first-order chi connectivity index (χ1) is 19.8. The number of aromatic nitrogens is 3. The predicted molar refractivity (Wildman–Crippen MR) is 164 cm³/mol. The van der Waals surface area contributed by atoms with Gasteiger partial charge in [-0.3, -0.25) is 4.98 Å². The molecule has 9 rings (SSSR count). The molecule has 0 amide bonds. The molecular formula is C36H21N3O. The minimum atomic E-state index is 0.913. The number of nitrogens with zero attached hydrogens (tertiary/aromatic N) is 3. The molecule has 0 aliphatic carbocycles. The molecule has 0 bridgehead atoms. The van der Waals surface area contributed by atoms with Crippen LogP contribution in [0.2, 0.25) is 0 Å². The number of benzene rings is 5. The number of furan rings is 1. The van der Waals surface area contributed by atoms with E-state index in [4.69, 9.17) is 9.40 Å². The minimum Gasteiger partial charge on any atom is -0.456 e. The summed E-state index contributed by atoms with van der Waals surface area (Å²) < 4.78 is 8.57. The van der Waals surface area contributed by atoms with Crippen LogP contribution in [-0.2, 0) is 0 Å². The summed E-state index contributed by atoms with van der Waals surface area (Å²) in [5.74, 6) is 0. The molecule has 0 saturated carbocycles. The normalized spacial score (nSPS) is 12.0. The molecule has 0 aliphatic rings. The quantitative estimate of drug-likeness (QED) is 0.217. The number of para-hydroxylation sites is 2. The van der Waals surface area contributed by atoms with Gasteiger partial charge in [-0.15, -0.1) is 0 Å². The zero-order valence-corrected chi connectivity index (χ0v) is 21.4. The average molecular weight is 512 g/mol. The summed E-state index contributed by atoms with van der Waals surface area (Å²) >= 11 is 0. The van der Waals surface area contributed by atoms with Gasteiger partial charge in [0.25, 0.3) is 0 Å². The number of fused-ring (bicyclic) bond motifs is 10. The van der Waals surface area contributed by atoms with Crippen molar-refractivity contribution in [2.75, 3.05) is 0 Å². The molecule has 4 nitrogen and oxygen atoms in total. The van der Waals surface area contributed by atoms with Gasteiger partial charge in [0.15, 0.2) is 0 Å². The van der Waals surface area contributed by atoms with E-state index in [1.54, 1.807) is 0 Å². The summed E-state index contributed by atoms with van der Waals surface area (Å²) in [6.07, 6.45) is 1.83. The third kappa shape index (κ3) is 2.96. The van der Waals surface area contributed by atoms with Gasteiger partial charge in [0.05, 0.1) is 27.8 Å². The van der Waals surface area contributed by atoms with E-state index in [-0.39, 0.29) is 0 Å². The van der Waals surface area contributed by atoms with Gasteiger partial charge in [0, 0.05) is 49.8 Å². The smallest absolute Gasteiger partial charge is 0.136 e. The maximum absolute atomic E-state index is 6.23. The maximum atomic E-state index is 6.23. The molecule has 40 heavy (non-hydrogen) atoms. The Morgan fingerprint density at radius 3 is 2.20 bits per heavy atom. The molecule has 4 heteroatoms. The maximum Gasteiger partial charge on any atom is 0.136 e. The van der Waals surface area contributed by atoms with E-state index >= 15 is 0 Å². The van der Waals surface area contributed by atoms with Crippen LogP contribution in [0, 0.1) is 0 Å². The first kappa shape index (κ1) is 21.5. The fraction of sp³-hybridized carbons (Fsp3) is 0. The third-order valence-corrected chi connectivity index (χ3v) is 8.03. The second-order valence-electron chi connectivity index (χ2n) is 10.2. The van der Waals surface area contributed by atoms with Gasteiger partial charge in [0.2, 0.25) is 0 Å². The number of rotatable bonds is 2. The molecule has 4 aromatic heterocycles. The van der Waals surface area contributed by atoms with Gasteiger partial charge in [-0.05, 0) is 48.5 Å². The Labute approximate surface area is 228 Å². The van der Waals surface area contributed by atoms with Gasteiger partial charge in [-0.25, -0.2) is 4.98 Å². The molecule has 0 spiro atoms. The Morgan fingerprint density at radius 1 is 0.525 bits per heavy atom. The van der Waals surface area contributed by atoms with Crippen LogP contribution in [0.4, 0.5) is 0 Å². The minimum absolute atomic E-state index is 0.913. The number of pyridine rings is 2. The van der Waals surface area contributed by atoms with Crippen molar-refractivity contribution in [3.8, 4) is 16.9 Å². The Morgan fingerprint density at radius 2 is 1.30 bits per heavy atom. The zero-order chi connectivity index (χ0) is 26.2. The van der Waals surface area contributed by atoms with Crippen LogP contribution < -0.4 is 0 Å². The van der Waals surface area contributed by atoms with Crippen LogP contribution in [0.15, 0.2) is 132 Å². The SMILES string of the molecule is c1cnc2c(c1)ccc1ccc(-c3ccc(-n4c5ccccc5c5c6c(ccc54)oc4ccccc46)cc3)nc12. The van der Waals surface area contributed by atoms with Crippen molar-refractivity contribution in [1.29, 1.82) is 0 Å². The summed E-state index contributed by atoms with van der Waals surface area (Å²) in [5.41, 5.74) is 9.14. The van der Waals surface area contributed by atoms with Crippen LogP contribution in [0.25, 0.3) is 82.5 Å². The summed E-state index contributed by atoms with van der Waals surface area (Å²) in [4.78, 5) is 9.66. The van der Waals surface area contributed by atoms with Crippen LogP contribution in [0.3, 0.4) is 0 Å². The molecule has 0 radical (unpaired) electrons. The highest BCUT2D eigenvalue weighted by molar-refractivity contribution is 6.27. The van der Waals surface area contributed by atoms with Crippen LogP contribution in [0.1, 0.15) is 0 Å². The van der Waals surface area contributed by atoms with Crippen molar-refractivity contribution in [1.82, 2.24) is 14.5 Å². The van der Waals surface area contributed by atoms with E-state index < -0.39 is 0 Å². The molecule has 0 unspecified atom stereocenters. The lowest BCUT2D eigenvalue weighted by Gasteiger charge is -2.10. The number of hydrogen-bond donors (Lipinski definition) is 0. The van der Waals surface area contributed by atoms with E-state index in [1.807, 2.05) is 24.4 Å². The van der Waals surface area contributed by atoms with Gasteiger partial charge >= 0.3 is 0 Å². The van der Waals surface area contributed by atoms with Crippen molar-refractivity contribution in [3.05, 3.63) is 128 Å². The highest BCUT2D eigenvalue weighted by Crippen LogP contribution is 2.41. The summed E-state index contributed by atoms with van der Waals surface area (Å²) in [5, 5.41) is 6.94. The first-order valence-electron chi connectivity index (χ1n) is 13.4. The lowest BCUT2D eigenvalue weighted by atomic mass is 10.1. The fourth-order valence-corrected chi connectivity index (χ4v) is 6.22. The molecule has 0 saturated heterocycles. The van der Waals surface area contributed by atoms with E-state index in [9.17, 15) is 0 Å². The van der Waals surface area contributed by atoms with E-state index in [0.717, 1.165) is 60.8 Å². The number of hydrogen-bond acceptors (Lipinski definition) is 3. The Bertz CT molecular complexity index is 2430. The monoisotopic (exact) mass is 511 g/mol. The highest BCUT2D eigenvalue weighted by atomic mass is 16.3. The third-order valence-electron chi connectivity index (χ3n) is 8.03. The van der Waals surface area contributed by atoms with E-state index in [1.165, 1.54) is 21.7 Å². The van der Waals surface area contributed by atoms with Crippen molar-refractivity contribution < 1.29 is 4.42 Å². The molecule has 5 aromatic carbocycles. The van der Waals surface area contributed by atoms with Crippen molar-refractivity contribution >= 4 is 65.6 Å². The van der Waals surface area contributed by atoms with Gasteiger partial charge < -0.3 is 8.98 Å². The van der Waals surface area contributed by atoms with Gasteiger partial charge in [-0.1, -0.05) is 72.8 Å². The Kier molecular flexibility index (Phi) is 4.30. The first-order valence-corrected chi connectivity index (χ1v) is 13.4. The van der Waals surface area contributed by atoms with Gasteiger partial charge in [0.1, 0.15) is 11.2 Å². The van der Waals surface area contributed by atoms with Crippen LogP contribution in [0.5, 0.6) is 0 Å². The van der Waals surface area contributed by atoms with E-state index in [2.05, 4.69) is 113 Å². The summed E-state index contributed by atoms with van der Waals surface area (Å²) in [6.45, 7) is 0. The molecular weight excluding hydrogens is 490 g/mol. The van der Waals surface area contributed by atoms with Crippen LogP contribution in [-0.4, -0.2) is 14.5 Å². The average Bonchev–Trinajstić information content (AvgIpc) is 3.56. The Hall–Kier alpha value is -5.48. The van der Waals surface area contributed by atoms with E-state index in [0.29, 0.717) is 0 Å². The molecule has 4 heterocycles. The fourth-order valence-electron chi connectivity index (χ4n) is 6.22. The molecule has 0 N–H and O–H groups in total.